The van der Waals surface area contributed by atoms with Crippen molar-refractivity contribution >= 4 is 34.1 Å². The first kappa shape index (κ1) is 13.3. The van der Waals surface area contributed by atoms with Crippen LogP contribution in [0.2, 0.25) is 0 Å². The van der Waals surface area contributed by atoms with Crippen LogP contribution < -0.4 is 5.43 Å². The number of carbonyl (C=O) groups excluding carboxylic acids is 1. The lowest BCUT2D eigenvalue weighted by Crippen LogP contribution is -2.17. The second-order valence-corrected chi connectivity index (χ2v) is 4.52. The molecule has 19 heavy (non-hydrogen) atoms. The minimum absolute atomic E-state index is 0.260. The van der Waals surface area contributed by atoms with E-state index in [-0.39, 0.29) is 5.91 Å². The molecule has 0 saturated heterocycles. The smallest absolute Gasteiger partial charge is 0.271 e. The van der Waals surface area contributed by atoms with Gasteiger partial charge in [0.25, 0.3) is 5.91 Å². The Kier molecular flexibility index (Phi) is 4.69. The van der Waals surface area contributed by atoms with E-state index in [1.54, 1.807) is 42.7 Å². The summed E-state index contributed by atoms with van der Waals surface area (Å²) in [5.74, 6) is 0.466. The van der Waals surface area contributed by atoms with Gasteiger partial charge < -0.3 is 4.42 Å². The van der Waals surface area contributed by atoms with Gasteiger partial charge in [0.15, 0.2) is 0 Å². The number of furan rings is 1. The molecular weight excluding hydrogens is 308 g/mol. The maximum absolute atomic E-state index is 11.7. The van der Waals surface area contributed by atoms with Gasteiger partial charge in [0.05, 0.1) is 6.26 Å². The molecule has 0 aliphatic carbocycles. The Morgan fingerprint density at radius 1 is 1.32 bits per heavy atom. The Morgan fingerprint density at radius 3 is 2.95 bits per heavy atom. The summed E-state index contributed by atoms with van der Waals surface area (Å²) in [6.45, 7) is 0. The van der Waals surface area contributed by atoms with E-state index in [0.717, 1.165) is 10.2 Å². The van der Waals surface area contributed by atoms with Gasteiger partial charge in [-0.15, -0.1) is 0 Å². The van der Waals surface area contributed by atoms with E-state index in [4.69, 9.17) is 4.42 Å². The highest BCUT2D eigenvalue weighted by Gasteiger charge is 2.03. The van der Waals surface area contributed by atoms with Crippen molar-refractivity contribution in [2.24, 2.45) is 5.10 Å². The summed E-state index contributed by atoms with van der Waals surface area (Å²) < 4.78 is 5.95. The summed E-state index contributed by atoms with van der Waals surface area (Å²) in [7, 11) is 0. The van der Waals surface area contributed by atoms with Crippen molar-refractivity contribution < 1.29 is 9.21 Å². The molecule has 0 aliphatic rings. The normalized spacial score (nSPS) is 11.2. The Hall–Kier alpha value is -2.14. The van der Waals surface area contributed by atoms with Crippen LogP contribution in [0, 0.1) is 0 Å². The molecule has 0 spiro atoms. The first-order valence-electron chi connectivity index (χ1n) is 5.55. The van der Waals surface area contributed by atoms with E-state index < -0.39 is 0 Å². The number of amides is 1. The fraction of sp³-hybridized carbons (Fsp3) is 0. The molecular formula is C14H11BrN2O2. The molecule has 4 nitrogen and oxygen atoms in total. The van der Waals surface area contributed by atoms with Crippen LogP contribution in [-0.4, -0.2) is 12.1 Å². The van der Waals surface area contributed by atoms with E-state index in [0.29, 0.717) is 5.56 Å². The lowest BCUT2D eigenvalue weighted by atomic mass is 10.2. The molecule has 0 unspecified atom stereocenters. The summed E-state index contributed by atoms with van der Waals surface area (Å²) in [5, 5.41) is 3.81. The molecule has 0 atom stereocenters. The van der Waals surface area contributed by atoms with Gasteiger partial charge in [-0.05, 0) is 42.5 Å². The van der Waals surface area contributed by atoms with Crippen molar-refractivity contribution in [3.05, 3.63) is 64.5 Å². The molecule has 1 heterocycles. The van der Waals surface area contributed by atoms with Crippen LogP contribution in [0.5, 0.6) is 0 Å². The molecule has 0 radical (unpaired) electrons. The van der Waals surface area contributed by atoms with Gasteiger partial charge in [0, 0.05) is 16.3 Å². The Balaban J connectivity index is 1.87. The molecule has 0 bridgehead atoms. The summed E-state index contributed by atoms with van der Waals surface area (Å²) in [6, 6.07) is 10.7. The lowest BCUT2D eigenvalue weighted by molar-refractivity contribution is 0.0955. The molecule has 96 valence electrons. The molecule has 0 aliphatic heterocycles. The topological polar surface area (TPSA) is 54.6 Å². The van der Waals surface area contributed by atoms with Crippen molar-refractivity contribution in [3.8, 4) is 0 Å². The number of benzene rings is 1. The van der Waals surface area contributed by atoms with Crippen molar-refractivity contribution in [1.82, 2.24) is 5.43 Å². The number of rotatable bonds is 4. The lowest BCUT2D eigenvalue weighted by Gasteiger charge is -1.99. The van der Waals surface area contributed by atoms with E-state index in [1.807, 2.05) is 12.1 Å². The van der Waals surface area contributed by atoms with Gasteiger partial charge in [0.1, 0.15) is 5.76 Å². The molecule has 1 aromatic carbocycles. The van der Waals surface area contributed by atoms with Crippen molar-refractivity contribution in [2.75, 3.05) is 0 Å². The largest absolute Gasteiger partial charge is 0.465 e. The third-order valence-corrected chi connectivity index (χ3v) is 2.71. The summed E-state index contributed by atoms with van der Waals surface area (Å²) in [5.41, 5.74) is 2.98. The van der Waals surface area contributed by atoms with E-state index in [2.05, 4.69) is 26.5 Å². The first-order valence-corrected chi connectivity index (χ1v) is 6.34. The van der Waals surface area contributed by atoms with Crippen molar-refractivity contribution in [2.45, 2.75) is 0 Å². The minimum atomic E-state index is -0.260. The first-order chi connectivity index (χ1) is 9.25. The number of nitrogens with zero attached hydrogens (tertiary/aromatic N) is 1. The fourth-order valence-corrected chi connectivity index (χ4v) is 1.76. The predicted octanol–water partition coefficient (Wildman–Crippen LogP) is 3.47. The van der Waals surface area contributed by atoms with Crippen LogP contribution in [0.4, 0.5) is 0 Å². The average Bonchev–Trinajstić information content (AvgIpc) is 2.91. The zero-order chi connectivity index (χ0) is 13.5. The summed E-state index contributed by atoms with van der Waals surface area (Å²) in [4.78, 5) is 11.7. The summed E-state index contributed by atoms with van der Waals surface area (Å²) in [6.07, 6.45) is 6.50. The standard InChI is InChI=1S/C14H11BrN2O2/c15-12-5-1-4-11(10-12)14(18)17-16-8-2-6-13-7-3-9-19-13/h1-10H,(H,17,18). The number of hydrogen-bond donors (Lipinski definition) is 1. The molecule has 5 heteroatoms. The maximum Gasteiger partial charge on any atom is 0.271 e. The highest BCUT2D eigenvalue weighted by molar-refractivity contribution is 9.10. The summed E-state index contributed by atoms with van der Waals surface area (Å²) >= 11 is 3.31. The van der Waals surface area contributed by atoms with E-state index in [1.165, 1.54) is 6.21 Å². The third-order valence-electron chi connectivity index (χ3n) is 2.22. The van der Waals surface area contributed by atoms with Crippen LogP contribution in [0.1, 0.15) is 16.1 Å². The van der Waals surface area contributed by atoms with Crippen molar-refractivity contribution in [3.63, 3.8) is 0 Å². The van der Waals surface area contributed by atoms with Gasteiger partial charge in [-0.1, -0.05) is 22.0 Å². The maximum atomic E-state index is 11.7. The fourth-order valence-electron chi connectivity index (χ4n) is 1.36. The van der Waals surface area contributed by atoms with Crippen LogP contribution in [0.3, 0.4) is 0 Å². The molecule has 0 fully saturated rings. The zero-order valence-electron chi connectivity index (χ0n) is 9.92. The average molecular weight is 319 g/mol. The molecule has 0 saturated carbocycles. The van der Waals surface area contributed by atoms with Gasteiger partial charge in [-0.2, -0.15) is 5.10 Å². The number of hydrazone groups is 1. The SMILES string of the molecule is O=C(NN=CC=Cc1ccco1)c1cccc(Br)c1. The van der Waals surface area contributed by atoms with Crippen LogP contribution in [0.15, 0.2) is 62.7 Å². The zero-order valence-corrected chi connectivity index (χ0v) is 11.5. The number of allylic oxidation sites excluding steroid dienone is 1. The molecule has 2 aromatic rings. The van der Waals surface area contributed by atoms with Crippen molar-refractivity contribution in [1.29, 1.82) is 0 Å². The minimum Gasteiger partial charge on any atom is -0.465 e. The predicted molar refractivity (Wildman–Crippen MR) is 77.8 cm³/mol. The van der Waals surface area contributed by atoms with E-state index in [9.17, 15) is 4.79 Å². The third kappa shape index (κ3) is 4.22. The van der Waals surface area contributed by atoms with Gasteiger partial charge in [0.2, 0.25) is 0 Å². The highest BCUT2D eigenvalue weighted by Crippen LogP contribution is 2.11. The molecule has 1 aromatic heterocycles. The van der Waals surface area contributed by atoms with Crippen LogP contribution in [-0.2, 0) is 0 Å². The molecule has 1 amide bonds. The number of nitrogens with one attached hydrogen (secondary N) is 1. The quantitative estimate of drug-likeness (QED) is 0.693. The molecule has 1 N–H and O–H groups in total. The second-order valence-electron chi connectivity index (χ2n) is 3.60. The van der Waals surface area contributed by atoms with Gasteiger partial charge in [-0.3, -0.25) is 4.79 Å². The van der Waals surface area contributed by atoms with Gasteiger partial charge >= 0.3 is 0 Å². The Morgan fingerprint density at radius 2 is 2.21 bits per heavy atom. The Bertz CT molecular complexity index is 604. The van der Waals surface area contributed by atoms with Crippen LogP contribution >= 0.6 is 15.9 Å². The number of halogens is 1. The second kappa shape index (κ2) is 6.70. The monoisotopic (exact) mass is 318 g/mol. The molecule has 2 rings (SSSR count). The number of carbonyl (C=O) groups is 1. The van der Waals surface area contributed by atoms with Crippen LogP contribution in [0.25, 0.3) is 6.08 Å². The highest BCUT2D eigenvalue weighted by atomic mass is 79.9. The Labute approximate surface area is 118 Å². The number of hydrogen-bond acceptors (Lipinski definition) is 3. The van der Waals surface area contributed by atoms with Gasteiger partial charge in [-0.25, -0.2) is 5.43 Å². The van der Waals surface area contributed by atoms with E-state index >= 15 is 0 Å².